The van der Waals surface area contributed by atoms with Gasteiger partial charge in [-0.25, -0.2) is 4.39 Å². The first-order chi connectivity index (χ1) is 18.5. The molecule has 0 heterocycles. The zero-order chi connectivity index (χ0) is 31.1. The topological polar surface area (TPSA) is 188 Å². The van der Waals surface area contributed by atoms with Crippen molar-refractivity contribution in [1.29, 1.82) is 0 Å². The first-order valence-corrected chi connectivity index (χ1v) is 16.3. The Balaban J connectivity index is 2.00. The molecule has 3 fully saturated rings. The molecule has 0 amide bonds. The third-order valence-corrected chi connectivity index (χ3v) is 10.4. The number of fused-ring (bicyclic) bond motifs is 5. The van der Waals surface area contributed by atoms with Gasteiger partial charge in [-0.2, -0.15) is 16.8 Å². The van der Waals surface area contributed by atoms with E-state index < -0.39 is 103 Å². The summed E-state index contributed by atoms with van der Waals surface area (Å²) in [7, 11) is -8.85. The second kappa shape index (κ2) is 9.61. The molecule has 4 rings (SSSR count). The van der Waals surface area contributed by atoms with Gasteiger partial charge < -0.3 is 14.9 Å². The third kappa shape index (κ3) is 4.65. The van der Waals surface area contributed by atoms with E-state index in [-0.39, 0.29) is 17.6 Å². The van der Waals surface area contributed by atoms with Crippen LogP contribution in [0.5, 0.6) is 0 Å². The maximum atomic E-state index is 17.9. The van der Waals surface area contributed by atoms with Crippen molar-refractivity contribution in [2.45, 2.75) is 63.2 Å². The van der Waals surface area contributed by atoms with Gasteiger partial charge in [0, 0.05) is 23.7 Å². The van der Waals surface area contributed by atoms with E-state index in [1.807, 2.05) is 0 Å². The Labute approximate surface area is 237 Å². The number of alkyl halides is 1. The summed E-state index contributed by atoms with van der Waals surface area (Å²) in [5, 5.41) is 23.4. The Hall–Kier alpha value is -2.30. The number of hydrogen-bond donors (Lipinski definition) is 2. The molecule has 2 N–H and O–H groups in total. The third-order valence-electron chi connectivity index (χ3n) is 9.25. The largest absolute Gasteiger partial charge is 0.458 e. The summed E-state index contributed by atoms with van der Waals surface area (Å²) < 4.78 is 83.2. The summed E-state index contributed by atoms with van der Waals surface area (Å²) in [5.74, 6) is -5.37. The monoisotopic (exact) mass is 620 g/mol. The molecule has 15 heteroatoms. The molecule has 0 unspecified atom stereocenters. The van der Waals surface area contributed by atoms with Crippen molar-refractivity contribution in [3.8, 4) is 0 Å². The summed E-state index contributed by atoms with van der Waals surface area (Å²) in [6, 6.07) is 0. The van der Waals surface area contributed by atoms with E-state index in [0.29, 0.717) is 12.5 Å². The maximum absolute atomic E-state index is 17.9. The number of aliphatic hydroxyl groups excluding tert-OH is 1. The van der Waals surface area contributed by atoms with Gasteiger partial charge in [0.15, 0.2) is 23.7 Å². The SMILES string of the molecule is C=C1C[C@H]2[C@@H]3[C@@H](OS(C)(=O)=O)[C@@H](OS(C)(=O)=O)C4=CC(=O)C=C[C@]4(C)[C@@]3(F)[C@@H](O)C[C@]2(C)[C@@]1(O)C(=O)COC(C)=O. The number of ketones is 2. The lowest BCUT2D eigenvalue weighted by Crippen LogP contribution is -2.75. The number of aliphatic hydroxyl groups is 2. The molecule has 0 aromatic carbocycles. The number of rotatable bonds is 7. The first-order valence-electron chi connectivity index (χ1n) is 12.7. The molecule has 12 nitrogen and oxygen atoms in total. The van der Waals surface area contributed by atoms with E-state index in [9.17, 15) is 41.4 Å². The first kappa shape index (κ1) is 31.6. The van der Waals surface area contributed by atoms with Crippen LogP contribution in [-0.4, -0.2) is 93.3 Å². The van der Waals surface area contributed by atoms with E-state index >= 15 is 4.39 Å². The van der Waals surface area contributed by atoms with Crippen LogP contribution in [0.2, 0.25) is 0 Å². The molecule has 4 aliphatic rings. The van der Waals surface area contributed by atoms with Crippen LogP contribution in [0.3, 0.4) is 0 Å². The highest BCUT2D eigenvalue weighted by molar-refractivity contribution is 7.86. The fraction of sp³-hybridized carbons (Fsp3) is 0.654. The minimum Gasteiger partial charge on any atom is -0.458 e. The smallest absolute Gasteiger partial charge is 0.303 e. The highest BCUT2D eigenvalue weighted by Gasteiger charge is 2.78. The summed E-state index contributed by atoms with van der Waals surface area (Å²) in [6.07, 6.45) is -2.16. The highest BCUT2D eigenvalue weighted by atomic mass is 32.2. The van der Waals surface area contributed by atoms with Gasteiger partial charge in [-0.05, 0) is 49.0 Å². The van der Waals surface area contributed by atoms with Crippen LogP contribution in [0.25, 0.3) is 0 Å². The van der Waals surface area contributed by atoms with E-state index in [0.717, 1.165) is 19.1 Å². The molecule has 41 heavy (non-hydrogen) atoms. The summed E-state index contributed by atoms with van der Waals surface area (Å²) in [4.78, 5) is 37.1. The second-order valence-electron chi connectivity index (χ2n) is 11.8. The summed E-state index contributed by atoms with van der Waals surface area (Å²) in [6.45, 7) is 6.73. The van der Waals surface area contributed by atoms with Gasteiger partial charge in [0.1, 0.15) is 12.2 Å². The van der Waals surface area contributed by atoms with Gasteiger partial charge in [-0.1, -0.05) is 19.6 Å². The molecule has 0 saturated heterocycles. The van der Waals surface area contributed by atoms with Crippen molar-refractivity contribution in [2.24, 2.45) is 22.7 Å². The summed E-state index contributed by atoms with van der Waals surface area (Å²) >= 11 is 0. The lowest BCUT2D eigenvalue weighted by Gasteiger charge is -2.64. The quantitative estimate of drug-likeness (QED) is 0.225. The molecule has 0 radical (unpaired) electrons. The molecule has 0 spiro atoms. The number of allylic oxidation sites excluding steroid dienone is 3. The fourth-order valence-corrected chi connectivity index (χ4v) is 8.76. The van der Waals surface area contributed by atoms with E-state index in [2.05, 4.69) is 6.58 Å². The zero-order valence-corrected chi connectivity index (χ0v) is 24.8. The van der Waals surface area contributed by atoms with Crippen molar-refractivity contribution in [3.63, 3.8) is 0 Å². The lowest BCUT2D eigenvalue weighted by molar-refractivity contribution is -0.244. The van der Waals surface area contributed by atoms with Gasteiger partial charge in [0.2, 0.25) is 5.78 Å². The normalized spacial score (nSPS) is 42.1. The van der Waals surface area contributed by atoms with E-state index in [1.54, 1.807) is 0 Å². The maximum Gasteiger partial charge on any atom is 0.303 e. The highest BCUT2D eigenvalue weighted by Crippen LogP contribution is 2.71. The average Bonchev–Trinajstić information content (AvgIpc) is 3.01. The molecule has 4 aliphatic carbocycles. The number of carbonyl (C=O) groups excluding carboxylic acids is 3. The number of ether oxygens (including phenoxy) is 1. The Morgan fingerprint density at radius 3 is 2.27 bits per heavy atom. The van der Waals surface area contributed by atoms with Crippen LogP contribution in [0.4, 0.5) is 4.39 Å². The Kier molecular flexibility index (Phi) is 7.41. The molecule has 0 aromatic rings. The molecular weight excluding hydrogens is 587 g/mol. The molecule has 9 atom stereocenters. The van der Waals surface area contributed by atoms with Gasteiger partial charge in [0.25, 0.3) is 20.2 Å². The molecule has 228 valence electrons. The zero-order valence-electron chi connectivity index (χ0n) is 23.1. The minimum absolute atomic E-state index is 0.0989. The van der Waals surface area contributed by atoms with Crippen LogP contribution in [0.1, 0.15) is 33.6 Å². The number of carbonyl (C=O) groups is 3. The number of esters is 1. The molecule has 0 aliphatic heterocycles. The Bertz CT molecular complexity index is 1500. The van der Waals surface area contributed by atoms with Crippen LogP contribution in [-0.2, 0) is 47.7 Å². The van der Waals surface area contributed by atoms with Crippen molar-refractivity contribution in [2.75, 3.05) is 19.1 Å². The van der Waals surface area contributed by atoms with Gasteiger partial charge in [0.05, 0.1) is 18.6 Å². The van der Waals surface area contributed by atoms with E-state index in [4.69, 9.17) is 13.1 Å². The van der Waals surface area contributed by atoms with Gasteiger partial charge in [-0.15, -0.1) is 0 Å². The number of Topliss-reactive ketones (excluding diaryl/α,β-unsaturated/α-hetero) is 1. The fourth-order valence-electron chi connectivity index (χ4n) is 7.54. The average molecular weight is 621 g/mol. The second-order valence-corrected chi connectivity index (χ2v) is 15.0. The van der Waals surface area contributed by atoms with Gasteiger partial charge >= 0.3 is 5.97 Å². The summed E-state index contributed by atoms with van der Waals surface area (Å²) in [5.41, 5.74) is -9.27. The van der Waals surface area contributed by atoms with Crippen molar-refractivity contribution in [3.05, 3.63) is 36.0 Å². The molecular formula is C26H33FO12S2. The standard InChI is InChI=1S/C26H33FO12S2/c1-13-9-16-20-22(39-41(6,35)36)21(38-40(5,33)34)17-10-15(29)7-8-23(17,3)25(20,27)18(30)11-24(16,4)26(13,32)19(31)12-37-14(2)28/h7-8,10,16,18,20-22,30,32H,1,9,11-12H2,2-6H3/t16-,18-,20+,21-,22+,23-,24-,25+,26-/m0/s1. The van der Waals surface area contributed by atoms with Crippen LogP contribution >= 0.6 is 0 Å². The lowest BCUT2D eigenvalue weighted by atomic mass is 9.43. The predicted molar refractivity (Wildman–Crippen MR) is 140 cm³/mol. The van der Waals surface area contributed by atoms with Crippen LogP contribution in [0, 0.1) is 22.7 Å². The minimum atomic E-state index is -4.47. The predicted octanol–water partition coefficient (Wildman–Crippen LogP) is 0.296. The molecule has 0 bridgehead atoms. The molecule has 0 aromatic heterocycles. The Morgan fingerprint density at radius 1 is 1.15 bits per heavy atom. The van der Waals surface area contributed by atoms with Crippen molar-refractivity contribution in [1.82, 2.24) is 0 Å². The van der Waals surface area contributed by atoms with E-state index in [1.165, 1.54) is 19.9 Å². The Morgan fingerprint density at radius 2 is 1.73 bits per heavy atom. The number of hydrogen-bond acceptors (Lipinski definition) is 12. The van der Waals surface area contributed by atoms with Gasteiger partial charge in [-0.3, -0.25) is 22.7 Å². The molecule has 3 saturated carbocycles. The number of halogens is 1. The van der Waals surface area contributed by atoms with Crippen molar-refractivity contribution >= 4 is 37.8 Å². The van der Waals surface area contributed by atoms with Crippen molar-refractivity contribution < 1.29 is 58.9 Å². The van der Waals surface area contributed by atoms with Crippen LogP contribution < -0.4 is 0 Å². The van der Waals surface area contributed by atoms with Crippen LogP contribution in [0.15, 0.2) is 36.0 Å².